The molecule has 0 aromatic carbocycles. The normalized spacial score (nSPS) is 42.6. The number of hydroxylamine groups is 2. The van der Waals surface area contributed by atoms with Crippen molar-refractivity contribution in [3.8, 4) is 0 Å². The molecule has 1 amide bonds. The molecular weight excluding hydrogens is 142 g/mol. The van der Waals surface area contributed by atoms with Gasteiger partial charge in [-0.05, 0) is 32.6 Å². The van der Waals surface area contributed by atoms with Crippen molar-refractivity contribution in [2.45, 2.75) is 44.2 Å². The van der Waals surface area contributed by atoms with E-state index in [9.17, 15) is 4.79 Å². The average Bonchev–Trinajstić information content (AvgIpc) is 2.04. The summed E-state index contributed by atoms with van der Waals surface area (Å²) in [5.41, 5.74) is -0.0460. The van der Waals surface area contributed by atoms with Gasteiger partial charge in [-0.15, -0.1) is 0 Å². The highest BCUT2D eigenvalue weighted by molar-refractivity contribution is 5.46. The van der Waals surface area contributed by atoms with E-state index in [2.05, 4.69) is 6.92 Å². The van der Waals surface area contributed by atoms with Crippen LogP contribution in [-0.2, 0) is 9.63 Å². The van der Waals surface area contributed by atoms with E-state index in [-0.39, 0.29) is 5.60 Å². The molecule has 0 aromatic rings. The molecule has 2 aliphatic heterocycles. The first-order valence-corrected chi connectivity index (χ1v) is 4.16. The van der Waals surface area contributed by atoms with Crippen molar-refractivity contribution in [3.63, 3.8) is 0 Å². The summed E-state index contributed by atoms with van der Waals surface area (Å²) in [6.07, 6.45) is 5.22. The Kier molecular flexibility index (Phi) is 1.42. The number of fused-ring (bicyclic) bond motifs is 3. The number of rotatable bonds is 1. The maximum Gasteiger partial charge on any atom is 0.233 e. The fourth-order valence-electron chi connectivity index (χ4n) is 2.00. The third-order valence-electron chi connectivity index (χ3n) is 2.80. The predicted octanol–water partition coefficient (Wildman–Crippen LogP) is 1.09. The highest BCUT2D eigenvalue weighted by Crippen LogP contribution is 2.39. The topological polar surface area (TPSA) is 29.5 Å². The van der Waals surface area contributed by atoms with Crippen molar-refractivity contribution in [2.75, 3.05) is 0 Å². The van der Waals surface area contributed by atoms with Crippen LogP contribution in [0.1, 0.15) is 32.6 Å². The number of nitrogens with zero attached hydrogens (tertiary/aromatic N) is 1. The van der Waals surface area contributed by atoms with Gasteiger partial charge < -0.3 is 0 Å². The zero-order valence-electron chi connectivity index (χ0n) is 6.75. The van der Waals surface area contributed by atoms with Crippen molar-refractivity contribution >= 4 is 6.41 Å². The summed E-state index contributed by atoms with van der Waals surface area (Å²) in [4.78, 5) is 16.0. The minimum Gasteiger partial charge on any atom is -0.276 e. The van der Waals surface area contributed by atoms with Gasteiger partial charge in [-0.25, -0.2) is 5.06 Å². The molecule has 0 radical (unpaired) electrons. The van der Waals surface area contributed by atoms with E-state index in [0.717, 1.165) is 32.1 Å². The molecule has 2 bridgehead atoms. The summed E-state index contributed by atoms with van der Waals surface area (Å²) in [6.45, 7) is 2.08. The van der Waals surface area contributed by atoms with Gasteiger partial charge in [0.2, 0.25) is 6.41 Å². The molecule has 3 nitrogen and oxygen atoms in total. The van der Waals surface area contributed by atoms with E-state index in [4.69, 9.17) is 4.84 Å². The Morgan fingerprint density at radius 2 is 2.18 bits per heavy atom. The predicted molar refractivity (Wildman–Crippen MR) is 39.6 cm³/mol. The molecule has 0 aromatic heterocycles. The maximum atomic E-state index is 10.5. The Morgan fingerprint density at radius 1 is 1.55 bits per heavy atom. The highest BCUT2D eigenvalue weighted by Gasteiger charge is 2.42. The lowest BCUT2D eigenvalue weighted by atomic mass is 9.82. The van der Waals surface area contributed by atoms with Crippen LogP contribution in [0.4, 0.5) is 0 Å². The Bertz CT molecular complexity index is 173. The van der Waals surface area contributed by atoms with E-state index >= 15 is 0 Å². The highest BCUT2D eigenvalue weighted by atomic mass is 16.7. The van der Waals surface area contributed by atoms with Gasteiger partial charge in [0.25, 0.3) is 0 Å². The number of amides is 1. The molecule has 0 unspecified atom stereocenters. The quantitative estimate of drug-likeness (QED) is 0.530. The second-order valence-electron chi connectivity index (χ2n) is 3.74. The van der Waals surface area contributed by atoms with Crippen molar-refractivity contribution in [3.05, 3.63) is 0 Å². The van der Waals surface area contributed by atoms with Crippen LogP contribution < -0.4 is 0 Å². The molecule has 3 heteroatoms. The Balaban J connectivity index is 2.15. The van der Waals surface area contributed by atoms with Gasteiger partial charge in [-0.3, -0.25) is 9.63 Å². The van der Waals surface area contributed by atoms with Gasteiger partial charge in [-0.1, -0.05) is 0 Å². The number of carbonyl (C=O) groups excluding carboxylic acids is 1. The largest absolute Gasteiger partial charge is 0.276 e. The smallest absolute Gasteiger partial charge is 0.233 e. The fourth-order valence-corrected chi connectivity index (χ4v) is 2.00. The third-order valence-corrected chi connectivity index (χ3v) is 2.80. The fraction of sp³-hybridized carbons (Fsp3) is 0.875. The number of hydrogen-bond donors (Lipinski definition) is 0. The van der Waals surface area contributed by atoms with Gasteiger partial charge in [-0.2, -0.15) is 0 Å². The van der Waals surface area contributed by atoms with Crippen molar-refractivity contribution in [2.24, 2.45) is 0 Å². The minimum atomic E-state index is -0.0460. The summed E-state index contributed by atoms with van der Waals surface area (Å²) in [5, 5.41) is 1.49. The standard InChI is InChI=1S/C8H13NO2/c1-8-4-2-7(3-5-8)9(6-10)11-8/h6-7H,2-5H2,1H3. The first-order chi connectivity index (χ1) is 5.23. The third kappa shape index (κ3) is 1.03. The molecule has 0 spiro atoms. The molecule has 3 aliphatic rings. The van der Waals surface area contributed by atoms with Crippen LogP contribution in [0.5, 0.6) is 0 Å². The van der Waals surface area contributed by atoms with Crippen LogP contribution in [0.15, 0.2) is 0 Å². The summed E-state index contributed by atoms with van der Waals surface area (Å²) in [5.74, 6) is 0. The monoisotopic (exact) mass is 155 g/mol. The van der Waals surface area contributed by atoms with E-state index < -0.39 is 0 Å². The first-order valence-electron chi connectivity index (χ1n) is 4.16. The van der Waals surface area contributed by atoms with Crippen molar-refractivity contribution < 1.29 is 9.63 Å². The molecule has 62 valence electrons. The summed E-state index contributed by atoms with van der Waals surface area (Å²) in [7, 11) is 0. The molecule has 3 fully saturated rings. The molecule has 0 N–H and O–H groups in total. The summed E-state index contributed by atoms with van der Waals surface area (Å²) >= 11 is 0. The van der Waals surface area contributed by atoms with Gasteiger partial charge in [0.05, 0.1) is 11.6 Å². The van der Waals surface area contributed by atoms with Crippen LogP contribution in [0, 0.1) is 0 Å². The Morgan fingerprint density at radius 3 is 2.55 bits per heavy atom. The molecule has 2 heterocycles. The Hall–Kier alpha value is -0.570. The van der Waals surface area contributed by atoms with Crippen LogP contribution in [-0.4, -0.2) is 23.1 Å². The van der Waals surface area contributed by atoms with Gasteiger partial charge >= 0.3 is 0 Å². The average molecular weight is 155 g/mol. The van der Waals surface area contributed by atoms with Crippen LogP contribution >= 0.6 is 0 Å². The van der Waals surface area contributed by atoms with Gasteiger partial charge in [0.1, 0.15) is 0 Å². The van der Waals surface area contributed by atoms with E-state index in [1.807, 2.05) is 0 Å². The lowest BCUT2D eigenvalue weighted by molar-refractivity contribution is -0.294. The number of carbonyl (C=O) groups is 1. The second-order valence-corrected chi connectivity index (χ2v) is 3.74. The van der Waals surface area contributed by atoms with E-state index in [1.165, 1.54) is 5.06 Å². The van der Waals surface area contributed by atoms with Crippen molar-refractivity contribution in [1.29, 1.82) is 0 Å². The van der Waals surface area contributed by atoms with E-state index in [0.29, 0.717) is 6.04 Å². The Labute approximate surface area is 66.3 Å². The SMILES string of the molecule is CC12CCC(CC1)N(C=O)O2. The lowest BCUT2D eigenvalue weighted by Crippen LogP contribution is -2.53. The molecule has 3 rings (SSSR count). The van der Waals surface area contributed by atoms with Crippen LogP contribution in [0.25, 0.3) is 0 Å². The van der Waals surface area contributed by atoms with Crippen molar-refractivity contribution in [1.82, 2.24) is 5.06 Å². The van der Waals surface area contributed by atoms with Crippen LogP contribution in [0.3, 0.4) is 0 Å². The summed E-state index contributed by atoms with van der Waals surface area (Å²) < 4.78 is 0. The minimum absolute atomic E-state index is 0.0460. The lowest BCUT2D eigenvalue weighted by Gasteiger charge is -2.48. The summed E-state index contributed by atoms with van der Waals surface area (Å²) in [6, 6.07) is 0.356. The number of hydrogen-bond acceptors (Lipinski definition) is 2. The molecule has 11 heavy (non-hydrogen) atoms. The molecule has 1 aliphatic carbocycles. The van der Waals surface area contributed by atoms with E-state index in [1.54, 1.807) is 0 Å². The molecule has 1 saturated carbocycles. The second kappa shape index (κ2) is 2.21. The van der Waals surface area contributed by atoms with Crippen LogP contribution in [0.2, 0.25) is 0 Å². The van der Waals surface area contributed by atoms with Gasteiger partial charge in [0.15, 0.2) is 0 Å². The molecule has 0 atom stereocenters. The zero-order chi connectivity index (χ0) is 7.90. The molecular formula is C8H13NO2. The maximum absolute atomic E-state index is 10.5. The van der Waals surface area contributed by atoms with Gasteiger partial charge in [0, 0.05) is 0 Å². The molecule has 2 saturated heterocycles. The first kappa shape index (κ1) is 7.10. The zero-order valence-corrected chi connectivity index (χ0v) is 6.75.